The molecule has 0 aromatic heterocycles. The van der Waals surface area contributed by atoms with Gasteiger partial charge < -0.3 is 25.4 Å². The minimum Gasteiger partial charge on any atom is -0.468 e. The van der Waals surface area contributed by atoms with Crippen molar-refractivity contribution >= 4 is 23.9 Å². The van der Waals surface area contributed by atoms with Crippen molar-refractivity contribution in [1.29, 1.82) is 0 Å². The Hall–Kier alpha value is -3.10. The smallest absolute Gasteiger partial charge is 0.408 e. The number of ether oxygens (including phenoxy) is 2. The first kappa shape index (κ1) is 24.9. The number of hydrogen-bond acceptors (Lipinski definition) is 6. The summed E-state index contributed by atoms with van der Waals surface area (Å²) < 4.78 is 9.66. The van der Waals surface area contributed by atoms with Crippen LogP contribution in [0.2, 0.25) is 0 Å². The number of rotatable bonds is 10. The average molecular weight is 421 g/mol. The predicted octanol–water partition coefficient (Wildman–Crippen LogP) is 1.37. The van der Waals surface area contributed by atoms with E-state index < -0.39 is 36.0 Å². The van der Waals surface area contributed by atoms with E-state index in [9.17, 15) is 19.2 Å². The molecule has 1 aromatic rings. The number of alkyl carbamates (subject to hydrolysis) is 1. The first-order valence-electron chi connectivity index (χ1n) is 9.77. The molecule has 0 saturated carbocycles. The first-order chi connectivity index (χ1) is 14.1. The molecule has 0 bridgehead atoms. The molecule has 0 fully saturated rings. The molecular weight excluding hydrogens is 390 g/mol. The molecule has 9 heteroatoms. The van der Waals surface area contributed by atoms with Crippen LogP contribution in [-0.4, -0.2) is 49.6 Å². The van der Waals surface area contributed by atoms with Crippen molar-refractivity contribution in [1.82, 2.24) is 16.0 Å². The minimum atomic E-state index is -0.900. The van der Waals surface area contributed by atoms with Crippen LogP contribution in [0.3, 0.4) is 0 Å². The number of benzene rings is 1. The van der Waals surface area contributed by atoms with Crippen molar-refractivity contribution in [2.75, 3.05) is 13.7 Å². The Bertz CT molecular complexity index is 721. The molecule has 1 unspecified atom stereocenters. The zero-order valence-corrected chi connectivity index (χ0v) is 18.1. The highest BCUT2D eigenvalue weighted by molar-refractivity contribution is 5.92. The Morgan fingerprint density at radius 2 is 1.43 bits per heavy atom. The van der Waals surface area contributed by atoms with Gasteiger partial charge in [0, 0.05) is 0 Å². The molecule has 1 aromatic carbocycles. The number of hydrogen-bond donors (Lipinski definition) is 3. The fourth-order valence-corrected chi connectivity index (χ4v) is 2.55. The zero-order valence-electron chi connectivity index (χ0n) is 18.1. The molecule has 9 nitrogen and oxygen atoms in total. The lowest BCUT2D eigenvalue weighted by Crippen LogP contribution is -2.57. The van der Waals surface area contributed by atoms with Crippen LogP contribution in [-0.2, 0) is 30.5 Å². The molecule has 3 amide bonds. The lowest BCUT2D eigenvalue weighted by atomic mass is 10.00. The topological polar surface area (TPSA) is 123 Å². The van der Waals surface area contributed by atoms with Gasteiger partial charge in [0.25, 0.3) is 0 Å². The van der Waals surface area contributed by atoms with Gasteiger partial charge in [0.15, 0.2) is 0 Å². The molecule has 0 aliphatic heterocycles. The normalized spacial score (nSPS) is 12.6. The van der Waals surface area contributed by atoms with Crippen LogP contribution in [0.1, 0.15) is 33.3 Å². The highest BCUT2D eigenvalue weighted by atomic mass is 16.5. The Kier molecular flexibility index (Phi) is 10.4. The molecule has 2 atom stereocenters. The predicted molar refractivity (Wildman–Crippen MR) is 110 cm³/mol. The third-order valence-electron chi connectivity index (χ3n) is 4.32. The molecule has 0 aliphatic rings. The van der Waals surface area contributed by atoms with Gasteiger partial charge in [-0.25, -0.2) is 4.79 Å². The summed E-state index contributed by atoms with van der Waals surface area (Å²) in [6.07, 6.45) is -0.732. The number of esters is 1. The summed E-state index contributed by atoms with van der Waals surface area (Å²) >= 11 is 0. The van der Waals surface area contributed by atoms with Gasteiger partial charge in [-0.15, -0.1) is 0 Å². The molecule has 166 valence electrons. The highest BCUT2D eigenvalue weighted by Gasteiger charge is 2.30. The third-order valence-corrected chi connectivity index (χ3v) is 4.32. The molecule has 3 N–H and O–H groups in total. The van der Waals surface area contributed by atoms with Gasteiger partial charge in [-0.2, -0.15) is 0 Å². The van der Waals surface area contributed by atoms with Crippen molar-refractivity contribution < 1.29 is 28.7 Å². The third kappa shape index (κ3) is 8.50. The van der Waals surface area contributed by atoms with Crippen LogP contribution in [0.25, 0.3) is 0 Å². The summed E-state index contributed by atoms with van der Waals surface area (Å²) in [4.78, 5) is 48.5. The largest absolute Gasteiger partial charge is 0.468 e. The van der Waals surface area contributed by atoms with E-state index in [1.165, 1.54) is 7.11 Å². The van der Waals surface area contributed by atoms with E-state index in [1.54, 1.807) is 27.7 Å². The number of carbonyl (C=O) groups is 4. The number of amides is 3. The number of carbonyl (C=O) groups excluding carboxylic acids is 4. The van der Waals surface area contributed by atoms with Crippen LogP contribution in [0.5, 0.6) is 0 Å². The lowest BCUT2D eigenvalue weighted by Gasteiger charge is -2.26. The number of methoxy groups -OCH3 is 1. The highest BCUT2D eigenvalue weighted by Crippen LogP contribution is 2.08. The summed E-state index contributed by atoms with van der Waals surface area (Å²) in [5.41, 5.74) is 0.820. The summed E-state index contributed by atoms with van der Waals surface area (Å²) in [5, 5.41) is 7.62. The quantitative estimate of drug-likeness (QED) is 0.491. The van der Waals surface area contributed by atoms with Gasteiger partial charge in [0.05, 0.1) is 7.11 Å². The van der Waals surface area contributed by atoms with Crippen LogP contribution in [0, 0.1) is 11.8 Å². The van der Waals surface area contributed by atoms with Gasteiger partial charge in [-0.3, -0.25) is 14.4 Å². The van der Waals surface area contributed by atoms with Crippen LogP contribution in [0.15, 0.2) is 30.3 Å². The molecule has 1 rings (SSSR count). The van der Waals surface area contributed by atoms with Gasteiger partial charge in [-0.05, 0) is 17.4 Å². The van der Waals surface area contributed by atoms with Crippen LogP contribution >= 0.6 is 0 Å². The average Bonchev–Trinajstić information content (AvgIpc) is 2.72. The maximum atomic E-state index is 12.8. The standard InChI is InChI=1S/C21H31N3O6/c1-13(2)17(19(26)22-11-16(25)29-5)23-20(27)18(14(3)4)24-21(28)30-12-15-9-7-6-8-10-15/h6-10,13-14,17-18H,11-12H2,1-5H3,(H,22,26)(H,23,27)(H,24,28)/t17?,18-/m0/s1. The Morgan fingerprint density at radius 1 is 0.867 bits per heavy atom. The molecule has 0 saturated heterocycles. The first-order valence-corrected chi connectivity index (χ1v) is 9.77. The minimum absolute atomic E-state index is 0.0731. The summed E-state index contributed by atoms with van der Waals surface area (Å²) in [7, 11) is 1.21. The molecule has 30 heavy (non-hydrogen) atoms. The molecule has 0 aliphatic carbocycles. The SMILES string of the molecule is COC(=O)CNC(=O)C(NC(=O)[C@@H](NC(=O)OCc1ccccc1)C(C)C)C(C)C. The van der Waals surface area contributed by atoms with Gasteiger partial charge >= 0.3 is 12.1 Å². The monoisotopic (exact) mass is 421 g/mol. The van der Waals surface area contributed by atoms with Gasteiger partial charge in [-0.1, -0.05) is 58.0 Å². The van der Waals surface area contributed by atoms with Crippen molar-refractivity contribution in [3.63, 3.8) is 0 Å². The van der Waals surface area contributed by atoms with Crippen LogP contribution < -0.4 is 16.0 Å². The van der Waals surface area contributed by atoms with Gasteiger partial charge in [0.2, 0.25) is 11.8 Å². The van der Waals surface area contributed by atoms with Crippen molar-refractivity contribution in [2.45, 2.75) is 46.4 Å². The second kappa shape index (κ2) is 12.5. The summed E-state index contributed by atoms with van der Waals surface area (Å²) in [6.45, 7) is 6.83. The lowest BCUT2D eigenvalue weighted by molar-refractivity contribution is -0.141. The Morgan fingerprint density at radius 3 is 1.97 bits per heavy atom. The van der Waals surface area contributed by atoms with E-state index in [2.05, 4.69) is 20.7 Å². The van der Waals surface area contributed by atoms with Gasteiger partial charge in [0.1, 0.15) is 25.2 Å². The van der Waals surface area contributed by atoms with E-state index in [4.69, 9.17) is 4.74 Å². The van der Waals surface area contributed by atoms with Crippen molar-refractivity contribution in [3.8, 4) is 0 Å². The fraction of sp³-hybridized carbons (Fsp3) is 0.524. The van der Waals surface area contributed by atoms with E-state index in [1.807, 2.05) is 30.3 Å². The van der Waals surface area contributed by atoms with Crippen molar-refractivity contribution in [3.05, 3.63) is 35.9 Å². The molecule has 0 spiro atoms. The molecule has 0 heterocycles. The van der Waals surface area contributed by atoms with E-state index >= 15 is 0 Å². The van der Waals surface area contributed by atoms with E-state index in [0.29, 0.717) is 0 Å². The Balaban J connectivity index is 2.69. The molecule has 0 radical (unpaired) electrons. The Labute approximate surface area is 176 Å². The van der Waals surface area contributed by atoms with E-state index in [0.717, 1.165) is 5.56 Å². The summed E-state index contributed by atoms with van der Waals surface area (Å²) in [6, 6.07) is 7.37. The second-order valence-electron chi connectivity index (χ2n) is 7.45. The zero-order chi connectivity index (χ0) is 22.7. The maximum absolute atomic E-state index is 12.8. The summed E-state index contributed by atoms with van der Waals surface area (Å²) in [5.74, 6) is -2.13. The maximum Gasteiger partial charge on any atom is 0.408 e. The number of nitrogens with one attached hydrogen (secondary N) is 3. The second-order valence-corrected chi connectivity index (χ2v) is 7.45. The van der Waals surface area contributed by atoms with Crippen molar-refractivity contribution in [2.24, 2.45) is 11.8 Å². The van der Waals surface area contributed by atoms with Crippen LogP contribution in [0.4, 0.5) is 4.79 Å². The fourth-order valence-electron chi connectivity index (χ4n) is 2.55. The molecular formula is C21H31N3O6. The van der Waals surface area contributed by atoms with E-state index in [-0.39, 0.29) is 25.0 Å².